The number of rotatable bonds is 4. The molecule has 12 heavy (non-hydrogen) atoms. The molecule has 0 aromatic carbocycles. The molecule has 1 atom stereocenters. The predicted octanol–water partition coefficient (Wildman–Crippen LogP) is 1.92. The average molecular weight is 202 g/mol. The van der Waals surface area contributed by atoms with Gasteiger partial charge < -0.3 is 5.11 Å². The van der Waals surface area contributed by atoms with Gasteiger partial charge in [-0.1, -0.05) is 6.07 Å². The number of hydrogen-bond donors (Lipinski definition) is 2. The summed E-state index contributed by atoms with van der Waals surface area (Å²) in [5, 5.41) is 10.7. The van der Waals surface area contributed by atoms with Gasteiger partial charge in [0.25, 0.3) is 0 Å². The molecule has 66 valence electrons. The zero-order chi connectivity index (χ0) is 8.97. The number of aliphatic carboxylic acids is 1. The first-order valence-corrected chi connectivity index (χ1v) is 5.11. The van der Waals surface area contributed by atoms with Crippen molar-refractivity contribution < 1.29 is 9.90 Å². The largest absolute Gasteiger partial charge is 0.481 e. The second kappa shape index (κ2) is 4.52. The number of hydrogen-bond acceptors (Lipinski definition) is 3. The van der Waals surface area contributed by atoms with Gasteiger partial charge in [-0.05, 0) is 17.9 Å². The molecule has 0 aliphatic carbocycles. The molecular formula is C8H10O2S2. The van der Waals surface area contributed by atoms with E-state index in [9.17, 15) is 4.79 Å². The van der Waals surface area contributed by atoms with Crippen LogP contribution in [0.15, 0.2) is 17.5 Å². The summed E-state index contributed by atoms with van der Waals surface area (Å²) in [4.78, 5) is 11.7. The minimum Gasteiger partial charge on any atom is -0.481 e. The quantitative estimate of drug-likeness (QED) is 0.732. The Bertz CT molecular complexity index is 244. The van der Waals surface area contributed by atoms with E-state index in [1.807, 2.05) is 17.5 Å². The molecule has 1 unspecified atom stereocenters. The summed E-state index contributed by atoms with van der Waals surface area (Å²) >= 11 is 5.58. The molecule has 0 bridgehead atoms. The van der Waals surface area contributed by atoms with Crippen LogP contribution < -0.4 is 0 Å². The third-order valence-electron chi connectivity index (χ3n) is 1.60. The normalized spacial score (nSPS) is 12.8. The fourth-order valence-electron chi connectivity index (χ4n) is 0.902. The summed E-state index contributed by atoms with van der Waals surface area (Å²) in [5.74, 6) is -0.724. The van der Waals surface area contributed by atoms with Crippen molar-refractivity contribution in [2.45, 2.75) is 6.42 Å². The zero-order valence-electron chi connectivity index (χ0n) is 6.43. The summed E-state index contributed by atoms with van der Waals surface area (Å²) in [7, 11) is 0. The van der Waals surface area contributed by atoms with Gasteiger partial charge in [0.15, 0.2) is 0 Å². The molecule has 1 rings (SSSR count). The highest BCUT2D eigenvalue weighted by Gasteiger charge is 2.15. The van der Waals surface area contributed by atoms with Crippen molar-refractivity contribution in [3.63, 3.8) is 0 Å². The van der Waals surface area contributed by atoms with E-state index < -0.39 is 5.97 Å². The highest BCUT2D eigenvalue weighted by Crippen LogP contribution is 2.15. The van der Waals surface area contributed by atoms with Crippen LogP contribution in [0.5, 0.6) is 0 Å². The van der Waals surface area contributed by atoms with Crippen molar-refractivity contribution in [2.24, 2.45) is 5.92 Å². The molecular weight excluding hydrogens is 192 g/mol. The van der Waals surface area contributed by atoms with Crippen molar-refractivity contribution >= 4 is 29.9 Å². The van der Waals surface area contributed by atoms with Crippen LogP contribution in [0.3, 0.4) is 0 Å². The van der Waals surface area contributed by atoms with Crippen molar-refractivity contribution in [1.29, 1.82) is 0 Å². The fraction of sp³-hybridized carbons (Fsp3) is 0.375. The van der Waals surface area contributed by atoms with E-state index in [4.69, 9.17) is 5.11 Å². The minimum atomic E-state index is -0.765. The maximum absolute atomic E-state index is 10.6. The van der Waals surface area contributed by atoms with Crippen molar-refractivity contribution in [3.05, 3.63) is 22.4 Å². The van der Waals surface area contributed by atoms with Crippen LogP contribution in [-0.2, 0) is 11.2 Å². The zero-order valence-corrected chi connectivity index (χ0v) is 8.15. The molecule has 2 nitrogen and oxygen atoms in total. The maximum atomic E-state index is 10.6. The Morgan fingerprint density at radius 3 is 2.92 bits per heavy atom. The summed E-state index contributed by atoms with van der Waals surface area (Å²) < 4.78 is 0. The molecule has 1 heterocycles. The third kappa shape index (κ3) is 2.53. The summed E-state index contributed by atoms with van der Waals surface area (Å²) in [6, 6.07) is 3.88. The summed E-state index contributed by atoms with van der Waals surface area (Å²) in [6.45, 7) is 0. The molecule has 1 aromatic rings. The van der Waals surface area contributed by atoms with E-state index in [-0.39, 0.29) is 5.92 Å². The number of thiophene rings is 1. The van der Waals surface area contributed by atoms with Crippen molar-refractivity contribution in [3.8, 4) is 0 Å². The molecule has 0 aliphatic heterocycles. The number of thiol groups is 1. The first-order valence-electron chi connectivity index (χ1n) is 3.60. The Kier molecular flexibility index (Phi) is 3.62. The highest BCUT2D eigenvalue weighted by atomic mass is 32.1. The molecule has 0 spiro atoms. The van der Waals surface area contributed by atoms with Crippen LogP contribution in [0.1, 0.15) is 4.88 Å². The highest BCUT2D eigenvalue weighted by molar-refractivity contribution is 7.80. The molecule has 0 aliphatic rings. The first kappa shape index (κ1) is 9.61. The monoisotopic (exact) mass is 202 g/mol. The van der Waals surface area contributed by atoms with E-state index in [2.05, 4.69) is 12.6 Å². The Morgan fingerprint density at radius 1 is 1.75 bits per heavy atom. The Labute approximate surface area is 80.6 Å². The average Bonchev–Trinajstić information content (AvgIpc) is 2.51. The first-order chi connectivity index (χ1) is 5.74. The molecule has 0 saturated heterocycles. The van der Waals surface area contributed by atoms with Gasteiger partial charge in [-0.25, -0.2) is 0 Å². The van der Waals surface area contributed by atoms with Crippen molar-refractivity contribution in [1.82, 2.24) is 0 Å². The van der Waals surface area contributed by atoms with Crippen LogP contribution in [-0.4, -0.2) is 16.8 Å². The molecule has 0 saturated carbocycles. The fourth-order valence-corrected chi connectivity index (χ4v) is 1.97. The van der Waals surface area contributed by atoms with Crippen LogP contribution >= 0.6 is 24.0 Å². The van der Waals surface area contributed by atoms with Crippen LogP contribution in [0.2, 0.25) is 0 Å². The van der Waals surface area contributed by atoms with E-state index in [1.54, 1.807) is 11.3 Å². The van der Waals surface area contributed by atoms with E-state index in [0.29, 0.717) is 12.2 Å². The number of carboxylic acids is 1. The Balaban J connectivity index is 2.54. The molecule has 1 aromatic heterocycles. The maximum Gasteiger partial charge on any atom is 0.307 e. The van der Waals surface area contributed by atoms with Crippen LogP contribution in [0.25, 0.3) is 0 Å². The Morgan fingerprint density at radius 2 is 2.50 bits per heavy atom. The van der Waals surface area contributed by atoms with Gasteiger partial charge >= 0.3 is 5.97 Å². The van der Waals surface area contributed by atoms with E-state index in [1.165, 1.54) is 0 Å². The molecule has 0 amide bonds. The number of carbonyl (C=O) groups is 1. The number of carboxylic acid groups (broad SMARTS) is 1. The van der Waals surface area contributed by atoms with Crippen LogP contribution in [0, 0.1) is 5.92 Å². The van der Waals surface area contributed by atoms with Crippen molar-refractivity contribution in [2.75, 3.05) is 5.75 Å². The lowest BCUT2D eigenvalue weighted by atomic mass is 10.1. The topological polar surface area (TPSA) is 37.3 Å². The molecule has 0 radical (unpaired) electrons. The van der Waals surface area contributed by atoms with Gasteiger partial charge in [0.1, 0.15) is 0 Å². The SMILES string of the molecule is O=C(O)C(CS)Cc1cccs1. The lowest BCUT2D eigenvalue weighted by Gasteiger charge is -2.06. The van der Waals surface area contributed by atoms with Gasteiger partial charge in [0.05, 0.1) is 5.92 Å². The standard InChI is InChI=1S/C8H10O2S2/c9-8(10)6(5-11)4-7-2-1-3-12-7/h1-3,6,11H,4-5H2,(H,9,10). The minimum absolute atomic E-state index is 0.355. The third-order valence-corrected chi connectivity index (χ3v) is 2.94. The second-order valence-corrected chi connectivity index (χ2v) is 3.90. The van der Waals surface area contributed by atoms with Gasteiger partial charge in [-0.15, -0.1) is 11.3 Å². The summed E-state index contributed by atoms with van der Waals surface area (Å²) in [6.07, 6.45) is 0.594. The smallest absolute Gasteiger partial charge is 0.307 e. The van der Waals surface area contributed by atoms with Gasteiger partial charge in [-0.2, -0.15) is 12.6 Å². The van der Waals surface area contributed by atoms with Gasteiger partial charge in [0.2, 0.25) is 0 Å². The lowest BCUT2D eigenvalue weighted by Crippen LogP contribution is -2.17. The van der Waals surface area contributed by atoms with E-state index in [0.717, 1.165) is 4.88 Å². The van der Waals surface area contributed by atoms with Crippen LogP contribution in [0.4, 0.5) is 0 Å². The predicted molar refractivity (Wildman–Crippen MR) is 53.0 cm³/mol. The molecule has 0 fully saturated rings. The Hall–Kier alpha value is -0.480. The molecule has 4 heteroatoms. The summed E-state index contributed by atoms with van der Waals surface area (Å²) in [5.41, 5.74) is 0. The molecule has 1 N–H and O–H groups in total. The van der Waals surface area contributed by atoms with Gasteiger partial charge in [0, 0.05) is 10.6 Å². The lowest BCUT2D eigenvalue weighted by molar-refractivity contribution is -0.140. The second-order valence-electron chi connectivity index (χ2n) is 2.50. The van der Waals surface area contributed by atoms with Gasteiger partial charge in [-0.3, -0.25) is 4.79 Å². The van der Waals surface area contributed by atoms with E-state index >= 15 is 0 Å².